The molecule has 0 fully saturated rings. The van der Waals surface area contributed by atoms with Crippen LogP contribution in [0.4, 0.5) is 0 Å². The number of pyridine rings is 1. The molecule has 10 heteroatoms. The number of hydrogen-bond acceptors (Lipinski definition) is 8. The van der Waals surface area contributed by atoms with Crippen LogP contribution in [0.3, 0.4) is 0 Å². The van der Waals surface area contributed by atoms with Gasteiger partial charge >= 0.3 is 0 Å². The molecule has 35 heavy (non-hydrogen) atoms. The lowest BCUT2D eigenvalue weighted by atomic mass is 10.0. The van der Waals surface area contributed by atoms with Crippen LogP contribution < -0.4 is 4.74 Å². The van der Waals surface area contributed by atoms with Gasteiger partial charge in [-0.25, -0.2) is 18.4 Å². The van der Waals surface area contributed by atoms with E-state index in [1.54, 1.807) is 43.7 Å². The molecule has 9 nitrogen and oxygen atoms in total. The molecule has 0 amide bonds. The molecule has 2 aromatic heterocycles. The summed E-state index contributed by atoms with van der Waals surface area (Å²) >= 11 is 0. The third-order valence-electron chi connectivity index (χ3n) is 6.23. The first-order valence-electron chi connectivity index (χ1n) is 11.6. The Balaban J connectivity index is 1.72. The number of ether oxygens (including phenoxy) is 1. The molecule has 1 N–H and O–H groups in total. The minimum atomic E-state index is -3.89. The van der Waals surface area contributed by atoms with Crippen LogP contribution >= 0.6 is 0 Å². The van der Waals surface area contributed by atoms with Crippen LogP contribution in [0.2, 0.25) is 0 Å². The number of aliphatic hydroxyl groups excluding tert-OH is 1. The van der Waals surface area contributed by atoms with Crippen LogP contribution in [0.5, 0.6) is 5.75 Å². The van der Waals surface area contributed by atoms with Crippen LogP contribution in [0, 0.1) is 5.92 Å². The Bertz CT molecular complexity index is 1230. The van der Waals surface area contributed by atoms with E-state index in [0.29, 0.717) is 13.1 Å². The van der Waals surface area contributed by atoms with Gasteiger partial charge in [-0.1, -0.05) is 19.1 Å². The number of sulfonamides is 1. The number of rotatable bonds is 7. The Kier molecular flexibility index (Phi) is 7.75. The van der Waals surface area contributed by atoms with Crippen LogP contribution in [0.15, 0.2) is 66.3 Å². The highest BCUT2D eigenvalue weighted by molar-refractivity contribution is 7.89. The smallest absolute Gasteiger partial charge is 0.247 e. The maximum Gasteiger partial charge on any atom is 0.247 e. The van der Waals surface area contributed by atoms with E-state index in [9.17, 15) is 13.5 Å². The molecule has 3 heterocycles. The number of benzene rings is 1. The summed E-state index contributed by atoms with van der Waals surface area (Å²) in [4.78, 5) is 14.6. The number of likely N-dealkylation sites (N-methyl/N-ethyl adjacent to an activating group) is 1. The lowest BCUT2D eigenvalue weighted by Gasteiger charge is -2.37. The number of aromatic nitrogens is 3. The van der Waals surface area contributed by atoms with Crippen molar-refractivity contribution < 1.29 is 18.3 Å². The predicted molar refractivity (Wildman–Crippen MR) is 132 cm³/mol. The lowest BCUT2D eigenvalue weighted by molar-refractivity contribution is 0.0734. The van der Waals surface area contributed by atoms with E-state index in [-0.39, 0.29) is 35.8 Å². The molecule has 1 aliphatic rings. The highest BCUT2D eigenvalue weighted by Crippen LogP contribution is 2.36. The lowest BCUT2D eigenvalue weighted by Crippen LogP contribution is -2.49. The standard InChI is InChI=1S/C25H31N5O4S/c1-18-13-30(19(2)16-31)35(32,33)25-7-6-21(22-11-27-17-28-12-22)9-23(25)34-24(18)15-29(3)14-20-5-4-8-26-10-20/h4-12,17-19,24,31H,13-16H2,1-3H3/t18-,19+,24-/m0/s1. The van der Waals surface area contributed by atoms with E-state index in [4.69, 9.17) is 4.74 Å². The van der Waals surface area contributed by atoms with Gasteiger partial charge in [0.1, 0.15) is 23.1 Å². The van der Waals surface area contributed by atoms with Gasteiger partial charge in [0.2, 0.25) is 10.0 Å². The van der Waals surface area contributed by atoms with Crippen molar-refractivity contribution in [1.29, 1.82) is 0 Å². The van der Waals surface area contributed by atoms with Crippen LogP contribution in [0.1, 0.15) is 19.4 Å². The Labute approximate surface area is 206 Å². The fraction of sp³-hybridized carbons (Fsp3) is 0.400. The Morgan fingerprint density at radius 3 is 2.63 bits per heavy atom. The minimum Gasteiger partial charge on any atom is -0.487 e. The Morgan fingerprint density at radius 1 is 1.17 bits per heavy atom. The third kappa shape index (κ3) is 5.67. The first-order chi connectivity index (χ1) is 16.8. The third-order valence-corrected chi connectivity index (χ3v) is 8.25. The van der Waals surface area contributed by atoms with Crippen molar-refractivity contribution in [3.05, 3.63) is 67.0 Å². The molecule has 0 bridgehead atoms. The molecule has 0 spiro atoms. The predicted octanol–water partition coefficient (Wildman–Crippen LogP) is 2.44. The van der Waals surface area contributed by atoms with Gasteiger partial charge in [0.05, 0.1) is 6.61 Å². The average molecular weight is 498 g/mol. The minimum absolute atomic E-state index is 0.0882. The highest BCUT2D eigenvalue weighted by Gasteiger charge is 2.38. The first-order valence-corrected chi connectivity index (χ1v) is 13.0. The second kappa shape index (κ2) is 10.8. The van der Waals surface area contributed by atoms with Crippen LogP contribution in [-0.4, -0.2) is 76.6 Å². The maximum absolute atomic E-state index is 13.6. The van der Waals surface area contributed by atoms with Gasteiger partial charge in [0.25, 0.3) is 0 Å². The summed E-state index contributed by atoms with van der Waals surface area (Å²) in [5, 5.41) is 9.82. The van der Waals surface area contributed by atoms with Gasteiger partial charge in [0.15, 0.2) is 0 Å². The molecule has 186 valence electrons. The van der Waals surface area contributed by atoms with Crippen molar-refractivity contribution in [2.75, 3.05) is 26.7 Å². The quantitative estimate of drug-likeness (QED) is 0.530. The molecule has 0 radical (unpaired) electrons. The summed E-state index contributed by atoms with van der Waals surface area (Å²) in [6, 6.07) is 8.39. The van der Waals surface area contributed by atoms with Gasteiger partial charge < -0.3 is 9.84 Å². The van der Waals surface area contributed by atoms with Gasteiger partial charge in [-0.3, -0.25) is 9.88 Å². The number of hydrogen-bond donors (Lipinski definition) is 1. The zero-order valence-corrected chi connectivity index (χ0v) is 21.0. The number of fused-ring (bicyclic) bond motifs is 1. The molecule has 1 aromatic carbocycles. The van der Waals surface area contributed by atoms with Crippen LogP contribution in [0.25, 0.3) is 11.1 Å². The largest absolute Gasteiger partial charge is 0.487 e. The molecular weight excluding hydrogens is 466 g/mol. The fourth-order valence-electron chi connectivity index (χ4n) is 4.25. The van der Waals surface area contributed by atoms with Crippen molar-refractivity contribution in [1.82, 2.24) is 24.2 Å². The first kappa shape index (κ1) is 25.2. The summed E-state index contributed by atoms with van der Waals surface area (Å²) in [5.41, 5.74) is 2.60. The van der Waals surface area contributed by atoms with E-state index in [1.807, 2.05) is 32.3 Å². The van der Waals surface area contributed by atoms with Gasteiger partial charge in [-0.05, 0) is 43.3 Å². The zero-order valence-electron chi connectivity index (χ0n) is 20.2. The van der Waals surface area contributed by atoms with Crippen molar-refractivity contribution in [2.24, 2.45) is 5.92 Å². The summed E-state index contributed by atoms with van der Waals surface area (Å²) in [6.45, 7) is 4.93. The normalized spacial score (nSPS) is 20.9. The van der Waals surface area contributed by atoms with Crippen molar-refractivity contribution in [3.63, 3.8) is 0 Å². The van der Waals surface area contributed by atoms with E-state index in [1.165, 1.54) is 10.6 Å². The highest BCUT2D eigenvalue weighted by atomic mass is 32.2. The topological polar surface area (TPSA) is 109 Å². The average Bonchev–Trinajstić information content (AvgIpc) is 2.86. The zero-order chi connectivity index (χ0) is 25.0. The summed E-state index contributed by atoms with van der Waals surface area (Å²) in [7, 11) is -1.89. The Morgan fingerprint density at radius 2 is 1.94 bits per heavy atom. The fourth-order valence-corrected chi connectivity index (χ4v) is 6.07. The SMILES string of the molecule is C[C@H](CO)N1C[C@H](C)[C@H](CN(C)Cc2cccnc2)Oc2cc(-c3cncnc3)ccc2S1(=O)=O. The van der Waals surface area contributed by atoms with Gasteiger partial charge in [-0.2, -0.15) is 4.31 Å². The molecule has 3 aromatic rings. The summed E-state index contributed by atoms with van der Waals surface area (Å²) < 4.78 is 35.1. The molecule has 0 saturated carbocycles. The van der Waals surface area contributed by atoms with E-state index in [2.05, 4.69) is 19.9 Å². The summed E-state index contributed by atoms with van der Waals surface area (Å²) in [6.07, 6.45) is 8.08. The van der Waals surface area contributed by atoms with E-state index >= 15 is 0 Å². The summed E-state index contributed by atoms with van der Waals surface area (Å²) in [5.74, 6) is 0.153. The molecule has 0 unspecified atom stereocenters. The molecular formula is C25H31N5O4S. The second-order valence-corrected chi connectivity index (χ2v) is 10.9. The molecule has 3 atom stereocenters. The van der Waals surface area contributed by atoms with Crippen molar-refractivity contribution >= 4 is 10.0 Å². The maximum atomic E-state index is 13.6. The van der Waals surface area contributed by atoms with Crippen LogP contribution in [-0.2, 0) is 16.6 Å². The number of nitrogens with zero attached hydrogens (tertiary/aromatic N) is 5. The molecule has 0 saturated heterocycles. The van der Waals surface area contributed by atoms with Gasteiger partial charge in [0, 0.05) is 61.9 Å². The second-order valence-electron chi connectivity index (χ2n) is 9.09. The molecule has 4 rings (SSSR count). The van der Waals surface area contributed by atoms with Gasteiger partial charge in [-0.15, -0.1) is 0 Å². The van der Waals surface area contributed by atoms with Crippen molar-refractivity contribution in [2.45, 2.75) is 37.4 Å². The number of aliphatic hydroxyl groups is 1. The molecule has 0 aliphatic carbocycles. The van der Waals surface area contributed by atoms with E-state index < -0.39 is 16.1 Å². The molecule has 1 aliphatic heterocycles. The van der Waals surface area contributed by atoms with E-state index in [0.717, 1.165) is 16.7 Å². The Hall–Kier alpha value is -2.92. The van der Waals surface area contributed by atoms with Crippen molar-refractivity contribution in [3.8, 4) is 16.9 Å². The monoisotopic (exact) mass is 497 g/mol.